The van der Waals surface area contributed by atoms with Crippen LogP contribution in [0.5, 0.6) is 0 Å². The van der Waals surface area contributed by atoms with Gasteiger partial charge in [0.2, 0.25) is 5.82 Å². The zero-order chi connectivity index (χ0) is 14.4. The SMILES string of the molecule is CCS(=O)CCNc1ncc(C(=O)O)cc1[N+](=O)[O-]. The summed E-state index contributed by atoms with van der Waals surface area (Å²) in [6.45, 7) is 2.04. The van der Waals surface area contributed by atoms with Gasteiger partial charge in [-0.3, -0.25) is 14.3 Å². The van der Waals surface area contributed by atoms with E-state index in [1.165, 1.54) is 0 Å². The highest BCUT2D eigenvalue weighted by Gasteiger charge is 2.18. The molecule has 0 aliphatic heterocycles. The number of aromatic carboxylic acids is 1. The highest BCUT2D eigenvalue weighted by Crippen LogP contribution is 2.22. The van der Waals surface area contributed by atoms with Gasteiger partial charge >= 0.3 is 11.7 Å². The second-order valence-corrected chi connectivity index (χ2v) is 5.38. The number of hydrogen-bond acceptors (Lipinski definition) is 6. The largest absolute Gasteiger partial charge is 0.478 e. The first-order valence-corrected chi connectivity index (χ1v) is 6.91. The molecule has 19 heavy (non-hydrogen) atoms. The van der Waals surface area contributed by atoms with Crippen molar-refractivity contribution < 1.29 is 19.0 Å². The van der Waals surface area contributed by atoms with Crippen molar-refractivity contribution in [3.8, 4) is 0 Å². The Morgan fingerprint density at radius 2 is 2.32 bits per heavy atom. The van der Waals surface area contributed by atoms with Crippen molar-refractivity contribution >= 4 is 28.3 Å². The molecular formula is C10H13N3O5S. The maximum absolute atomic E-state index is 11.2. The third-order valence-corrected chi connectivity index (χ3v) is 3.56. The minimum Gasteiger partial charge on any atom is -0.478 e. The molecule has 2 N–H and O–H groups in total. The van der Waals surface area contributed by atoms with E-state index in [1.807, 2.05) is 0 Å². The van der Waals surface area contributed by atoms with Crippen molar-refractivity contribution in [3.63, 3.8) is 0 Å². The van der Waals surface area contributed by atoms with Gasteiger partial charge in [0.1, 0.15) is 0 Å². The van der Waals surface area contributed by atoms with Crippen LogP contribution in [0.25, 0.3) is 0 Å². The van der Waals surface area contributed by atoms with Crippen LogP contribution < -0.4 is 5.32 Å². The van der Waals surface area contributed by atoms with Gasteiger partial charge in [0.15, 0.2) is 0 Å². The fourth-order valence-electron chi connectivity index (χ4n) is 1.27. The number of pyridine rings is 1. The average Bonchev–Trinajstić information content (AvgIpc) is 2.38. The first kappa shape index (κ1) is 15.0. The van der Waals surface area contributed by atoms with Gasteiger partial charge in [0.05, 0.1) is 10.5 Å². The second-order valence-electron chi connectivity index (χ2n) is 3.51. The molecular weight excluding hydrogens is 274 g/mol. The average molecular weight is 287 g/mol. The van der Waals surface area contributed by atoms with E-state index in [4.69, 9.17) is 5.11 Å². The Bertz CT molecular complexity index is 520. The van der Waals surface area contributed by atoms with E-state index in [9.17, 15) is 19.1 Å². The molecule has 1 atom stereocenters. The van der Waals surface area contributed by atoms with Gasteiger partial charge in [-0.15, -0.1) is 0 Å². The van der Waals surface area contributed by atoms with Crippen LogP contribution in [0.4, 0.5) is 11.5 Å². The third-order valence-electron chi connectivity index (χ3n) is 2.26. The van der Waals surface area contributed by atoms with Gasteiger partial charge in [-0.25, -0.2) is 9.78 Å². The molecule has 0 bridgehead atoms. The molecule has 0 aliphatic rings. The Morgan fingerprint density at radius 3 is 2.84 bits per heavy atom. The number of nitrogens with one attached hydrogen (secondary N) is 1. The lowest BCUT2D eigenvalue weighted by Gasteiger charge is -2.06. The quantitative estimate of drug-likeness (QED) is 0.563. The van der Waals surface area contributed by atoms with Crippen molar-refractivity contribution in [2.24, 2.45) is 0 Å². The number of aromatic nitrogens is 1. The van der Waals surface area contributed by atoms with Crippen molar-refractivity contribution in [1.29, 1.82) is 0 Å². The van der Waals surface area contributed by atoms with Crippen LogP contribution in [0.2, 0.25) is 0 Å². The predicted octanol–water partition coefficient (Wildman–Crippen LogP) is 0.868. The van der Waals surface area contributed by atoms with Crippen LogP contribution in [0, 0.1) is 10.1 Å². The van der Waals surface area contributed by atoms with Gasteiger partial charge < -0.3 is 10.4 Å². The second kappa shape index (κ2) is 6.78. The lowest BCUT2D eigenvalue weighted by molar-refractivity contribution is -0.384. The number of carboxylic acids is 1. The summed E-state index contributed by atoms with van der Waals surface area (Å²) < 4.78 is 11.2. The molecule has 0 radical (unpaired) electrons. The number of carbonyl (C=O) groups is 1. The lowest BCUT2D eigenvalue weighted by atomic mass is 10.2. The standard InChI is InChI=1S/C10H13N3O5S/c1-2-19(18)4-3-11-9-8(13(16)17)5-7(6-12-9)10(14)15/h5-6H,2-4H2,1H3,(H,11,12)(H,14,15). The molecule has 0 amide bonds. The smallest absolute Gasteiger partial charge is 0.337 e. The Kier molecular flexibility index (Phi) is 5.37. The highest BCUT2D eigenvalue weighted by atomic mass is 32.2. The Hall–Kier alpha value is -2.03. The van der Waals surface area contributed by atoms with Crippen LogP contribution in [0.15, 0.2) is 12.3 Å². The molecule has 0 aromatic carbocycles. The summed E-state index contributed by atoms with van der Waals surface area (Å²) in [4.78, 5) is 24.5. The van der Waals surface area contributed by atoms with Crippen LogP contribution in [-0.4, -0.2) is 43.2 Å². The first-order chi connectivity index (χ1) is 8.95. The Morgan fingerprint density at radius 1 is 1.63 bits per heavy atom. The van der Waals surface area contributed by atoms with E-state index < -0.39 is 27.4 Å². The van der Waals surface area contributed by atoms with E-state index >= 15 is 0 Å². The van der Waals surface area contributed by atoms with Crippen molar-refractivity contribution in [1.82, 2.24) is 4.98 Å². The summed E-state index contributed by atoms with van der Waals surface area (Å²) in [7, 11) is -0.984. The zero-order valence-corrected chi connectivity index (χ0v) is 11.0. The topological polar surface area (TPSA) is 122 Å². The molecule has 9 heteroatoms. The fourth-order valence-corrected chi connectivity index (χ4v) is 1.89. The Balaban J connectivity index is 2.85. The molecule has 1 rings (SSSR count). The number of hydrogen-bond donors (Lipinski definition) is 2. The van der Waals surface area contributed by atoms with E-state index in [-0.39, 0.29) is 17.9 Å². The fraction of sp³-hybridized carbons (Fsp3) is 0.400. The molecule has 0 aliphatic carbocycles. The zero-order valence-electron chi connectivity index (χ0n) is 10.2. The molecule has 8 nitrogen and oxygen atoms in total. The van der Waals surface area contributed by atoms with E-state index in [1.54, 1.807) is 6.92 Å². The molecule has 1 aromatic heterocycles. The molecule has 104 valence electrons. The maximum Gasteiger partial charge on any atom is 0.337 e. The molecule has 0 spiro atoms. The highest BCUT2D eigenvalue weighted by molar-refractivity contribution is 7.84. The van der Waals surface area contributed by atoms with Crippen LogP contribution in [0.3, 0.4) is 0 Å². The number of rotatable bonds is 7. The summed E-state index contributed by atoms with van der Waals surface area (Å²) in [5.41, 5.74) is -0.670. The normalized spacial score (nSPS) is 11.8. The third kappa shape index (κ3) is 4.28. The predicted molar refractivity (Wildman–Crippen MR) is 69.9 cm³/mol. The number of carboxylic acid groups (broad SMARTS) is 1. The first-order valence-electron chi connectivity index (χ1n) is 5.42. The molecule has 0 saturated heterocycles. The van der Waals surface area contributed by atoms with Crippen LogP contribution in [-0.2, 0) is 10.8 Å². The molecule has 1 heterocycles. The molecule has 1 unspecified atom stereocenters. The maximum atomic E-state index is 11.2. The molecule has 0 fully saturated rings. The molecule has 0 saturated carbocycles. The van der Waals surface area contributed by atoms with Gasteiger partial charge in [-0.2, -0.15) is 0 Å². The summed E-state index contributed by atoms with van der Waals surface area (Å²) in [5, 5.41) is 22.2. The van der Waals surface area contributed by atoms with Gasteiger partial charge in [-0.1, -0.05) is 6.92 Å². The summed E-state index contributed by atoms with van der Waals surface area (Å²) in [5.74, 6) is -0.456. The minimum absolute atomic E-state index is 0.0249. The summed E-state index contributed by atoms with van der Waals surface area (Å²) in [6, 6.07) is 0.939. The van der Waals surface area contributed by atoms with Gasteiger partial charge in [-0.05, 0) is 0 Å². The van der Waals surface area contributed by atoms with Crippen molar-refractivity contribution in [2.45, 2.75) is 6.92 Å². The van der Waals surface area contributed by atoms with Crippen LogP contribution in [0.1, 0.15) is 17.3 Å². The number of nitrogens with zero attached hydrogens (tertiary/aromatic N) is 2. The monoisotopic (exact) mass is 287 g/mol. The lowest BCUT2D eigenvalue weighted by Crippen LogP contribution is -2.14. The number of anilines is 1. The summed E-state index contributed by atoms with van der Waals surface area (Å²) >= 11 is 0. The van der Waals surface area contributed by atoms with E-state index in [0.29, 0.717) is 11.5 Å². The number of nitro groups is 1. The van der Waals surface area contributed by atoms with Crippen molar-refractivity contribution in [2.75, 3.05) is 23.4 Å². The summed E-state index contributed by atoms with van der Waals surface area (Å²) in [6.07, 6.45) is 1.04. The van der Waals surface area contributed by atoms with E-state index in [2.05, 4.69) is 10.3 Å². The minimum atomic E-state index is -1.28. The van der Waals surface area contributed by atoms with Gasteiger partial charge in [0.25, 0.3) is 0 Å². The Labute approximate surface area is 111 Å². The van der Waals surface area contributed by atoms with Crippen LogP contribution >= 0.6 is 0 Å². The molecule has 1 aromatic rings. The van der Waals surface area contributed by atoms with E-state index in [0.717, 1.165) is 12.3 Å². The van der Waals surface area contributed by atoms with Gasteiger partial charge in [0, 0.05) is 41.1 Å². The van der Waals surface area contributed by atoms with Crippen molar-refractivity contribution in [3.05, 3.63) is 27.9 Å².